The van der Waals surface area contributed by atoms with Gasteiger partial charge in [-0.05, 0) is 7.05 Å². The number of aliphatic carboxylic acids is 2. The van der Waals surface area contributed by atoms with Crippen LogP contribution in [0.1, 0.15) is 0 Å². The van der Waals surface area contributed by atoms with Crippen LogP contribution in [-0.4, -0.2) is 35.7 Å². The van der Waals surface area contributed by atoms with Gasteiger partial charge in [0.25, 0.3) is 0 Å². The van der Waals surface area contributed by atoms with Gasteiger partial charge in [-0.2, -0.15) is 0 Å². The highest BCUT2D eigenvalue weighted by molar-refractivity contribution is 5.89. The van der Waals surface area contributed by atoms with Crippen LogP contribution in [0.4, 0.5) is 0 Å². The van der Waals surface area contributed by atoms with Crippen LogP contribution in [0.15, 0.2) is 24.8 Å². The molecule has 0 bridgehead atoms. The third kappa shape index (κ3) is 25.2. The highest BCUT2D eigenvalue weighted by Crippen LogP contribution is 1.70. The molecule has 0 heterocycles. The molecule has 0 aromatic rings. The molecular weight excluding hydrogens is 174 g/mol. The van der Waals surface area contributed by atoms with Gasteiger partial charge in [0.15, 0.2) is 0 Å². The van der Waals surface area contributed by atoms with E-state index in [2.05, 4.69) is 11.9 Å². The van der Waals surface area contributed by atoms with Gasteiger partial charge in [-0.25, -0.2) is 9.59 Å². The van der Waals surface area contributed by atoms with Gasteiger partial charge in [-0.15, -0.1) is 6.58 Å². The van der Waals surface area contributed by atoms with Crippen LogP contribution in [0.2, 0.25) is 0 Å². The van der Waals surface area contributed by atoms with Crippen molar-refractivity contribution in [3.63, 3.8) is 0 Å². The van der Waals surface area contributed by atoms with Crippen LogP contribution in [0.5, 0.6) is 0 Å². The van der Waals surface area contributed by atoms with Crippen molar-refractivity contribution >= 4 is 11.9 Å². The molecular formula is C8H13NO4. The van der Waals surface area contributed by atoms with Gasteiger partial charge in [0, 0.05) is 18.7 Å². The maximum atomic E-state index is 9.55. The predicted octanol–water partition coefficient (Wildman–Crippen LogP) is 0.104. The van der Waals surface area contributed by atoms with Crippen LogP contribution in [0, 0.1) is 0 Å². The van der Waals surface area contributed by atoms with E-state index in [0.29, 0.717) is 12.2 Å². The summed E-state index contributed by atoms with van der Waals surface area (Å²) < 4.78 is 0. The molecule has 0 saturated carbocycles. The zero-order valence-electron chi connectivity index (χ0n) is 7.36. The molecule has 3 N–H and O–H groups in total. The number of hydrogen-bond donors (Lipinski definition) is 3. The number of carboxylic acid groups (broad SMARTS) is 2. The van der Waals surface area contributed by atoms with Gasteiger partial charge < -0.3 is 15.5 Å². The summed E-state index contributed by atoms with van der Waals surface area (Å²) in [7, 11) is 1.89. The maximum Gasteiger partial charge on any atom is 0.328 e. The minimum atomic E-state index is -1.26. The molecule has 0 amide bonds. The normalized spacial score (nSPS) is 8.69. The predicted molar refractivity (Wildman–Crippen MR) is 48.5 cm³/mol. The van der Waals surface area contributed by atoms with E-state index in [1.807, 2.05) is 13.1 Å². The lowest BCUT2D eigenvalue weighted by Crippen LogP contribution is -2.02. The van der Waals surface area contributed by atoms with E-state index in [9.17, 15) is 9.59 Å². The fourth-order valence-corrected chi connectivity index (χ4v) is 0.287. The average Bonchev–Trinajstić information content (AvgIpc) is 2.03. The lowest BCUT2D eigenvalue weighted by molar-refractivity contribution is -0.134. The Hall–Kier alpha value is -1.62. The summed E-state index contributed by atoms with van der Waals surface area (Å²) in [6.45, 7) is 4.39. The van der Waals surface area contributed by atoms with E-state index < -0.39 is 11.9 Å². The summed E-state index contributed by atoms with van der Waals surface area (Å²) in [5, 5.41) is 18.5. The van der Waals surface area contributed by atoms with Gasteiger partial charge in [-0.3, -0.25) is 0 Å². The van der Waals surface area contributed by atoms with Crippen molar-refractivity contribution in [3.8, 4) is 0 Å². The number of carbonyl (C=O) groups is 2. The monoisotopic (exact) mass is 187 g/mol. The van der Waals surface area contributed by atoms with E-state index >= 15 is 0 Å². The molecule has 13 heavy (non-hydrogen) atoms. The van der Waals surface area contributed by atoms with E-state index in [4.69, 9.17) is 10.2 Å². The first-order valence-electron chi connectivity index (χ1n) is 3.44. The maximum absolute atomic E-state index is 9.55. The molecule has 0 rings (SSSR count). The van der Waals surface area contributed by atoms with Crippen LogP contribution < -0.4 is 5.32 Å². The van der Waals surface area contributed by atoms with Gasteiger partial charge in [0.05, 0.1) is 0 Å². The van der Waals surface area contributed by atoms with E-state index in [-0.39, 0.29) is 0 Å². The standard InChI is InChI=1S/C4H9N.C4H4O4/c1-3-4-5-2;5-3(6)1-2-4(7)8/h3,5H,1,4H2,2H3;1-2H,(H,5,6)(H,7,8)/b;2-1-. The summed E-state index contributed by atoms with van der Waals surface area (Å²) in [6, 6.07) is 0. The minimum absolute atomic E-state index is 0.558. The molecule has 0 fully saturated rings. The first-order chi connectivity index (χ1) is 6.04. The van der Waals surface area contributed by atoms with Crippen LogP contribution in [0.25, 0.3) is 0 Å². The Balaban J connectivity index is 0. The van der Waals surface area contributed by atoms with Gasteiger partial charge in [-0.1, -0.05) is 6.08 Å². The Morgan fingerprint density at radius 1 is 1.31 bits per heavy atom. The zero-order chi connectivity index (χ0) is 10.7. The lowest BCUT2D eigenvalue weighted by Gasteiger charge is -1.79. The molecule has 0 unspecified atom stereocenters. The number of carboxylic acids is 2. The van der Waals surface area contributed by atoms with Gasteiger partial charge >= 0.3 is 11.9 Å². The fraction of sp³-hybridized carbons (Fsp3) is 0.250. The summed E-state index contributed by atoms with van der Waals surface area (Å²) in [4.78, 5) is 19.1. The summed E-state index contributed by atoms with van der Waals surface area (Å²) >= 11 is 0. The van der Waals surface area contributed by atoms with Gasteiger partial charge in [0.1, 0.15) is 0 Å². The molecule has 0 radical (unpaired) electrons. The third-order valence-corrected chi connectivity index (χ3v) is 0.717. The smallest absolute Gasteiger partial charge is 0.328 e. The van der Waals surface area contributed by atoms with E-state index in [0.717, 1.165) is 6.54 Å². The minimum Gasteiger partial charge on any atom is -0.478 e. The SMILES string of the molecule is C=CCNC.O=C(O)/C=C\C(=O)O. The molecule has 0 aliphatic rings. The molecule has 0 aliphatic heterocycles. The molecule has 5 heteroatoms. The summed E-state index contributed by atoms with van der Waals surface area (Å²) in [5.41, 5.74) is 0. The topological polar surface area (TPSA) is 86.6 Å². The van der Waals surface area contributed by atoms with Crippen LogP contribution in [-0.2, 0) is 9.59 Å². The summed E-state index contributed by atoms with van der Waals surface area (Å²) in [5.74, 6) is -2.51. The molecule has 0 saturated heterocycles. The Labute approximate surface area is 76.4 Å². The van der Waals surface area contributed by atoms with Crippen molar-refractivity contribution < 1.29 is 19.8 Å². The number of nitrogens with one attached hydrogen (secondary N) is 1. The molecule has 0 aliphatic carbocycles. The fourth-order valence-electron chi connectivity index (χ4n) is 0.287. The Morgan fingerprint density at radius 3 is 1.77 bits per heavy atom. The largest absolute Gasteiger partial charge is 0.478 e. The number of hydrogen-bond acceptors (Lipinski definition) is 3. The van der Waals surface area contributed by atoms with Crippen molar-refractivity contribution in [2.24, 2.45) is 0 Å². The first-order valence-corrected chi connectivity index (χ1v) is 3.44. The second-order valence-electron chi connectivity index (χ2n) is 1.86. The van der Waals surface area contributed by atoms with Crippen LogP contribution in [0.3, 0.4) is 0 Å². The molecule has 0 aromatic carbocycles. The van der Waals surface area contributed by atoms with Crippen molar-refractivity contribution in [1.29, 1.82) is 0 Å². The van der Waals surface area contributed by atoms with Crippen molar-refractivity contribution in [2.75, 3.05) is 13.6 Å². The Morgan fingerprint density at radius 2 is 1.69 bits per heavy atom. The van der Waals surface area contributed by atoms with E-state index in [1.165, 1.54) is 0 Å². The van der Waals surface area contributed by atoms with Gasteiger partial charge in [0.2, 0.25) is 0 Å². The number of likely N-dealkylation sites (N-methyl/N-ethyl adjacent to an activating group) is 1. The Kier molecular flexibility index (Phi) is 11.1. The molecule has 0 atom stereocenters. The molecule has 0 spiro atoms. The highest BCUT2D eigenvalue weighted by Gasteiger charge is 1.88. The molecule has 5 nitrogen and oxygen atoms in total. The average molecular weight is 187 g/mol. The third-order valence-electron chi connectivity index (χ3n) is 0.717. The molecule has 0 aromatic heterocycles. The number of rotatable bonds is 4. The first kappa shape index (κ1) is 13.9. The Bertz CT molecular complexity index is 182. The second kappa shape index (κ2) is 10.4. The second-order valence-corrected chi connectivity index (χ2v) is 1.86. The van der Waals surface area contributed by atoms with Crippen molar-refractivity contribution in [1.82, 2.24) is 5.32 Å². The highest BCUT2D eigenvalue weighted by atomic mass is 16.4. The lowest BCUT2D eigenvalue weighted by atomic mass is 10.5. The van der Waals surface area contributed by atoms with Crippen molar-refractivity contribution in [3.05, 3.63) is 24.8 Å². The van der Waals surface area contributed by atoms with E-state index in [1.54, 1.807) is 0 Å². The van der Waals surface area contributed by atoms with Crippen molar-refractivity contribution in [2.45, 2.75) is 0 Å². The zero-order valence-corrected chi connectivity index (χ0v) is 7.36. The summed E-state index contributed by atoms with van der Waals surface area (Å²) in [6.07, 6.45) is 2.94. The molecule has 74 valence electrons. The quantitative estimate of drug-likeness (QED) is 0.429. The van der Waals surface area contributed by atoms with Crippen LogP contribution >= 0.6 is 0 Å².